The molecule has 0 aromatic rings. The van der Waals surface area contributed by atoms with Crippen molar-refractivity contribution >= 4 is 5.97 Å². The maximum Gasteiger partial charge on any atom is 0.325 e. The molecular formula is C13H27N3O2. The maximum absolute atomic E-state index is 11.7. The van der Waals surface area contributed by atoms with Crippen molar-refractivity contribution in [3.8, 4) is 0 Å². The Hall–Kier alpha value is -0.650. The van der Waals surface area contributed by atoms with Crippen LogP contribution in [0, 0.1) is 0 Å². The molecule has 0 amide bonds. The van der Waals surface area contributed by atoms with Crippen LogP contribution in [0.2, 0.25) is 0 Å². The molecule has 0 spiro atoms. The monoisotopic (exact) mass is 257 g/mol. The third-order valence-corrected chi connectivity index (χ3v) is 4.03. The third-order valence-electron chi connectivity index (χ3n) is 4.03. The second-order valence-corrected chi connectivity index (χ2v) is 5.10. The summed E-state index contributed by atoms with van der Waals surface area (Å²) in [5.74, 6) is -0.183. The molecule has 0 aromatic heterocycles. The number of likely N-dealkylation sites (N-methyl/N-ethyl adjacent to an activating group) is 2. The first kappa shape index (κ1) is 15.4. The van der Waals surface area contributed by atoms with Gasteiger partial charge in [0.2, 0.25) is 0 Å². The molecule has 1 N–H and O–H groups in total. The lowest BCUT2D eigenvalue weighted by atomic mass is 9.98. The van der Waals surface area contributed by atoms with Crippen molar-refractivity contribution in [1.82, 2.24) is 15.1 Å². The van der Waals surface area contributed by atoms with Crippen LogP contribution < -0.4 is 5.32 Å². The maximum atomic E-state index is 11.7. The number of ether oxygens (including phenoxy) is 1. The molecule has 1 rings (SSSR count). The summed E-state index contributed by atoms with van der Waals surface area (Å²) in [6, 6.07) is 0. The predicted molar refractivity (Wildman–Crippen MR) is 72.7 cm³/mol. The van der Waals surface area contributed by atoms with Gasteiger partial charge >= 0.3 is 5.97 Å². The Morgan fingerprint density at radius 3 is 2.28 bits per heavy atom. The minimum Gasteiger partial charge on any atom is -0.468 e. The van der Waals surface area contributed by atoms with Crippen LogP contribution in [0.25, 0.3) is 0 Å². The first-order valence-corrected chi connectivity index (χ1v) is 6.77. The van der Waals surface area contributed by atoms with Crippen LogP contribution in [-0.4, -0.2) is 74.7 Å². The van der Waals surface area contributed by atoms with Gasteiger partial charge in [0, 0.05) is 32.7 Å². The van der Waals surface area contributed by atoms with Crippen molar-refractivity contribution in [2.75, 3.05) is 53.4 Å². The summed E-state index contributed by atoms with van der Waals surface area (Å²) in [5.41, 5.74) is -0.573. The van der Waals surface area contributed by atoms with E-state index in [1.54, 1.807) is 0 Å². The van der Waals surface area contributed by atoms with E-state index in [1.165, 1.54) is 7.11 Å². The van der Waals surface area contributed by atoms with E-state index in [9.17, 15) is 4.79 Å². The number of hydrogen-bond acceptors (Lipinski definition) is 5. The predicted octanol–water partition coefficient (Wildman–Crippen LogP) is 0.165. The Morgan fingerprint density at radius 1 is 1.28 bits per heavy atom. The van der Waals surface area contributed by atoms with Gasteiger partial charge in [0.05, 0.1) is 7.11 Å². The summed E-state index contributed by atoms with van der Waals surface area (Å²) < 4.78 is 4.85. The summed E-state index contributed by atoms with van der Waals surface area (Å²) in [7, 11) is 3.25. The van der Waals surface area contributed by atoms with Gasteiger partial charge in [-0.15, -0.1) is 0 Å². The number of piperazine rings is 1. The summed E-state index contributed by atoms with van der Waals surface area (Å²) in [4.78, 5) is 16.6. The van der Waals surface area contributed by atoms with Gasteiger partial charge in [0.1, 0.15) is 5.54 Å². The lowest BCUT2D eigenvalue weighted by Gasteiger charge is -2.36. The largest absolute Gasteiger partial charge is 0.468 e. The molecule has 106 valence electrons. The Balaban J connectivity index is 2.38. The molecule has 0 saturated carbocycles. The van der Waals surface area contributed by atoms with E-state index in [4.69, 9.17) is 4.74 Å². The van der Waals surface area contributed by atoms with E-state index in [1.807, 2.05) is 14.0 Å². The highest BCUT2D eigenvalue weighted by Crippen LogP contribution is 2.13. The average Bonchev–Trinajstić information content (AvgIpc) is 2.44. The molecule has 0 aliphatic carbocycles. The molecule has 1 fully saturated rings. The second kappa shape index (κ2) is 7.07. The summed E-state index contributed by atoms with van der Waals surface area (Å²) in [6.07, 6.45) is 0.780. The summed E-state index contributed by atoms with van der Waals surface area (Å²) >= 11 is 0. The van der Waals surface area contributed by atoms with Crippen LogP contribution in [0.15, 0.2) is 0 Å². The fourth-order valence-corrected chi connectivity index (χ4v) is 2.27. The zero-order valence-electron chi connectivity index (χ0n) is 12.2. The zero-order chi connectivity index (χ0) is 13.6. The van der Waals surface area contributed by atoms with E-state index in [2.05, 4.69) is 22.0 Å². The van der Waals surface area contributed by atoms with Gasteiger partial charge < -0.3 is 19.9 Å². The molecule has 5 nitrogen and oxygen atoms in total. The fourth-order valence-electron chi connectivity index (χ4n) is 2.27. The van der Waals surface area contributed by atoms with Crippen LogP contribution in [-0.2, 0) is 9.53 Å². The van der Waals surface area contributed by atoms with Crippen LogP contribution in [0.5, 0.6) is 0 Å². The number of carbonyl (C=O) groups is 1. The van der Waals surface area contributed by atoms with Crippen molar-refractivity contribution in [3.63, 3.8) is 0 Å². The van der Waals surface area contributed by atoms with Gasteiger partial charge in [-0.25, -0.2) is 0 Å². The Labute approximate surface area is 110 Å². The van der Waals surface area contributed by atoms with Gasteiger partial charge in [-0.05, 0) is 26.9 Å². The second-order valence-electron chi connectivity index (χ2n) is 5.10. The quantitative estimate of drug-likeness (QED) is 0.687. The van der Waals surface area contributed by atoms with Gasteiger partial charge in [0.15, 0.2) is 0 Å². The van der Waals surface area contributed by atoms with Gasteiger partial charge in [-0.2, -0.15) is 0 Å². The molecule has 0 radical (unpaired) electrons. The molecule has 1 saturated heterocycles. The van der Waals surface area contributed by atoms with Crippen molar-refractivity contribution < 1.29 is 9.53 Å². The van der Waals surface area contributed by atoms with Crippen LogP contribution >= 0.6 is 0 Å². The number of nitrogens with one attached hydrogen (secondary N) is 1. The molecular weight excluding hydrogens is 230 g/mol. The number of rotatable bonds is 6. The van der Waals surface area contributed by atoms with Crippen molar-refractivity contribution in [2.24, 2.45) is 0 Å². The van der Waals surface area contributed by atoms with E-state index < -0.39 is 5.54 Å². The van der Waals surface area contributed by atoms with Crippen molar-refractivity contribution in [3.05, 3.63) is 0 Å². The number of esters is 1. The number of hydrogen-bond donors (Lipinski definition) is 1. The highest BCUT2D eigenvalue weighted by atomic mass is 16.5. The van der Waals surface area contributed by atoms with Gasteiger partial charge in [-0.1, -0.05) is 6.92 Å². The van der Waals surface area contributed by atoms with E-state index in [0.29, 0.717) is 0 Å². The minimum atomic E-state index is -0.573. The molecule has 0 aromatic carbocycles. The van der Waals surface area contributed by atoms with Crippen LogP contribution in [0.1, 0.15) is 20.3 Å². The van der Waals surface area contributed by atoms with Crippen LogP contribution in [0.4, 0.5) is 0 Å². The van der Waals surface area contributed by atoms with Crippen LogP contribution in [0.3, 0.4) is 0 Å². The van der Waals surface area contributed by atoms with Crippen molar-refractivity contribution in [2.45, 2.75) is 25.8 Å². The molecule has 18 heavy (non-hydrogen) atoms. The fraction of sp³-hybridized carbons (Fsp3) is 0.923. The number of carbonyl (C=O) groups excluding carboxylic acids is 1. The molecule has 0 bridgehead atoms. The lowest BCUT2D eigenvalue weighted by Crippen LogP contribution is -2.52. The standard InChI is InChI=1S/C13H27N3O2/c1-5-15-8-10-16(11-9-15)7-6-13(2,14-3)12(17)18-4/h14H,5-11H2,1-4H3. The van der Waals surface area contributed by atoms with E-state index in [0.717, 1.165) is 45.7 Å². The lowest BCUT2D eigenvalue weighted by molar-refractivity contribution is -0.148. The van der Waals surface area contributed by atoms with Gasteiger partial charge in [-0.3, -0.25) is 4.79 Å². The Kier molecular flexibility index (Phi) is 6.05. The van der Waals surface area contributed by atoms with Gasteiger partial charge in [0.25, 0.3) is 0 Å². The third kappa shape index (κ3) is 3.93. The topological polar surface area (TPSA) is 44.8 Å². The molecule has 5 heteroatoms. The molecule has 1 heterocycles. The first-order chi connectivity index (χ1) is 8.55. The number of methoxy groups -OCH3 is 1. The average molecular weight is 257 g/mol. The molecule has 1 atom stereocenters. The normalized spacial score (nSPS) is 21.6. The SMILES string of the molecule is CCN1CCN(CCC(C)(NC)C(=O)OC)CC1. The number of nitrogens with zero attached hydrogens (tertiary/aromatic N) is 2. The van der Waals surface area contributed by atoms with E-state index >= 15 is 0 Å². The molecule has 1 aliphatic rings. The summed E-state index contributed by atoms with van der Waals surface area (Å²) in [6.45, 7) is 10.6. The molecule has 1 aliphatic heterocycles. The first-order valence-electron chi connectivity index (χ1n) is 6.77. The zero-order valence-corrected chi connectivity index (χ0v) is 12.2. The summed E-state index contributed by atoms with van der Waals surface area (Å²) in [5, 5.41) is 3.08. The smallest absolute Gasteiger partial charge is 0.325 e. The minimum absolute atomic E-state index is 0.183. The highest BCUT2D eigenvalue weighted by molar-refractivity contribution is 5.80. The van der Waals surface area contributed by atoms with Crippen molar-refractivity contribution in [1.29, 1.82) is 0 Å². The molecule has 1 unspecified atom stereocenters. The Morgan fingerprint density at radius 2 is 1.83 bits per heavy atom. The Bertz CT molecular complexity index is 265. The van der Waals surface area contributed by atoms with E-state index in [-0.39, 0.29) is 5.97 Å². The highest BCUT2D eigenvalue weighted by Gasteiger charge is 2.33.